The first-order valence-electron chi connectivity index (χ1n) is 6.99. The van der Waals surface area contributed by atoms with E-state index in [9.17, 15) is 9.90 Å². The van der Waals surface area contributed by atoms with E-state index in [1.54, 1.807) is 20.3 Å². The SMILES string of the molecule is COCCCCc1c(C(=O)O)nnn1-c1ccccc1OC. The molecule has 0 saturated carbocycles. The third kappa shape index (κ3) is 3.43. The molecule has 2 aromatic rings. The summed E-state index contributed by atoms with van der Waals surface area (Å²) in [5, 5.41) is 17.1. The van der Waals surface area contributed by atoms with Crippen molar-refractivity contribution in [3.8, 4) is 11.4 Å². The number of nitrogens with zero attached hydrogens (tertiary/aromatic N) is 3. The van der Waals surface area contributed by atoms with Gasteiger partial charge >= 0.3 is 5.97 Å². The van der Waals surface area contributed by atoms with Crippen molar-refractivity contribution in [2.24, 2.45) is 0 Å². The van der Waals surface area contributed by atoms with Gasteiger partial charge in [0.05, 0.1) is 12.8 Å². The number of hydrogen-bond donors (Lipinski definition) is 1. The molecule has 1 aromatic heterocycles. The van der Waals surface area contributed by atoms with E-state index in [0.29, 0.717) is 30.2 Å². The molecule has 0 saturated heterocycles. The van der Waals surface area contributed by atoms with E-state index in [1.165, 1.54) is 4.68 Å². The molecule has 0 unspecified atom stereocenters. The van der Waals surface area contributed by atoms with E-state index >= 15 is 0 Å². The summed E-state index contributed by atoms with van der Waals surface area (Å²) in [6.07, 6.45) is 2.18. The van der Waals surface area contributed by atoms with Crippen LogP contribution in [0.2, 0.25) is 0 Å². The van der Waals surface area contributed by atoms with Crippen molar-refractivity contribution in [3.05, 3.63) is 35.7 Å². The van der Waals surface area contributed by atoms with Crippen molar-refractivity contribution in [3.63, 3.8) is 0 Å². The van der Waals surface area contributed by atoms with Crippen LogP contribution in [0.25, 0.3) is 5.69 Å². The highest BCUT2D eigenvalue weighted by atomic mass is 16.5. The number of benzene rings is 1. The van der Waals surface area contributed by atoms with Crippen LogP contribution in [-0.2, 0) is 11.2 Å². The van der Waals surface area contributed by atoms with E-state index in [0.717, 1.165) is 12.8 Å². The first-order valence-corrected chi connectivity index (χ1v) is 6.99. The maximum Gasteiger partial charge on any atom is 0.358 e. The fourth-order valence-corrected chi connectivity index (χ4v) is 2.23. The van der Waals surface area contributed by atoms with Crippen molar-refractivity contribution < 1.29 is 19.4 Å². The van der Waals surface area contributed by atoms with Gasteiger partial charge in [0.25, 0.3) is 0 Å². The fourth-order valence-electron chi connectivity index (χ4n) is 2.23. The topological polar surface area (TPSA) is 86.5 Å². The van der Waals surface area contributed by atoms with Crippen LogP contribution in [-0.4, -0.2) is 46.9 Å². The Kier molecular flexibility index (Phi) is 5.48. The van der Waals surface area contributed by atoms with Gasteiger partial charge in [0.1, 0.15) is 11.4 Å². The van der Waals surface area contributed by atoms with Crippen LogP contribution in [0.1, 0.15) is 29.0 Å². The lowest BCUT2D eigenvalue weighted by molar-refractivity contribution is 0.0689. The molecule has 0 radical (unpaired) electrons. The number of carboxylic acids is 1. The standard InChI is InChI=1S/C15H19N3O4/c1-21-10-6-5-8-12-14(15(19)20)16-17-18(12)11-7-3-4-9-13(11)22-2/h3-4,7,9H,5-6,8,10H2,1-2H3,(H,19,20). The Balaban J connectivity index is 2.36. The summed E-state index contributed by atoms with van der Waals surface area (Å²) < 4.78 is 11.9. The van der Waals surface area contributed by atoms with Crippen molar-refractivity contribution in [1.82, 2.24) is 15.0 Å². The lowest BCUT2D eigenvalue weighted by atomic mass is 10.1. The van der Waals surface area contributed by atoms with Gasteiger partial charge in [-0.25, -0.2) is 9.48 Å². The Morgan fingerprint density at radius 3 is 2.73 bits per heavy atom. The molecule has 1 aromatic carbocycles. The van der Waals surface area contributed by atoms with E-state index in [2.05, 4.69) is 10.3 Å². The average molecular weight is 305 g/mol. The van der Waals surface area contributed by atoms with Gasteiger partial charge in [-0.3, -0.25) is 0 Å². The van der Waals surface area contributed by atoms with Crippen molar-refractivity contribution in [1.29, 1.82) is 0 Å². The highest BCUT2D eigenvalue weighted by molar-refractivity contribution is 5.86. The number of methoxy groups -OCH3 is 2. The molecule has 22 heavy (non-hydrogen) atoms. The molecule has 7 heteroatoms. The fraction of sp³-hybridized carbons (Fsp3) is 0.400. The lowest BCUT2D eigenvalue weighted by Gasteiger charge is -2.10. The molecule has 0 aliphatic rings. The number of aromatic carboxylic acids is 1. The van der Waals surface area contributed by atoms with E-state index in [1.807, 2.05) is 18.2 Å². The molecule has 0 aliphatic heterocycles. The number of rotatable bonds is 8. The quantitative estimate of drug-likeness (QED) is 0.750. The van der Waals surface area contributed by atoms with Crippen LogP contribution < -0.4 is 4.74 Å². The molecule has 0 aliphatic carbocycles. The monoisotopic (exact) mass is 305 g/mol. The Morgan fingerprint density at radius 2 is 2.05 bits per heavy atom. The Labute approximate surface area is 128 Å². The first-order chi connectivity index (χ1) is 10.7. The maximum absolute atomic E-state index is 11.3. The Bertz CT molecular complexity index is 639. The summed E-state index contributed by atoms with van der Waals surface area (Å²) in [5.74, 6) is -0.467. The highest BCUT2D eigenvalue weighted by Crippen LogP contribution is 2.24. The van der Waals surface area contributed by atoms with Gasteiger partial charge in [0, 0.05) is 13.7 Å². The number of unbranched alkanes of at least 4 members (excludes halogenated alkanes) is 1. The van der Waals surface area contributed by atoms with E-state index in [-0.39, 0.29) is 5.69 Å². The number of ether oxygens (including phenoxy) is 2. The molecule has 0 fully saturated rings. The smallest absolute Gasteiger partial charge is 0.358 e. The predicted octanol–water partition coefficient (Wildman–Crippen LogP) is 1.94. The van der Waals surface area contributed by atoms with E-state index in [4.69, 9.17) is 9.47 Å². The average Bonchev–Trinajstić information content (AvgIpc) is 2.95. The minimum atomic E-state index is -1.08. The molecule has 1 heterocycles. The normalized spacial score (nSPS) is 10.6. The number of hydrogen-bond acceptors (Lipinski definition) is 5. The van der Waals surface area contributed by atoms with Gasteiger partial charge in [0.2, 0.25) is 0 Å². The van der Waals surface area contributed by atoms with Crippen LogP contribution in [0.3, 0.4) is 0 Å². The summed E-state index contributed by atoms with van der Waals surface area (Å²) in [6.45, 7) is 0.638. The van der Waals surface area contributed by atoms with Crippen LogP contribution in [0.15, 0.2) is 24.3 Å². The van der Waals surface area contributed by atoms with Gasteiger partial charge in [-0.1, -0.05) is 17.3 Å². The third-order valence-corrected chi connectivity index (χ3v) is 3.29. The molecule has 0 amide bonds. The Morgan fingerprint density at radius 1 is 1.27 bits per heavy atom. The van der Waals surface area contributed by atoms with E-state index < -0.39 is 5.97 Å². The van der Waals surface area contributed by atoms with Crippen molar-refractivity contribution in [2.75, 3.05) is 20.8 Å². The number of para-hydroxylation sites is 2. The zero-order chi connectivity index (χ0) is 15.9. The van der Waals surface area contributed by atoms with Crippen LogP contribution in [0.4, 0.5) is 0 Å². The molecule has 7 nitrogen and oxygen atoms in total. The Hall–Kier alpha value is -2.41. The number of carboxylic acid groups (broad SMARTS) is 1. The summed E-state index contributed by atoms with van der Waals surface area (Å²) in [6, 6.07) is 7.30. The number of carbonyl (C=O) groups is 1. The van der Waals surface area contributed by atoms with Crippen molar-refractivity contribution in [2.45, 2.75) is 19.3 Å². The van der Waals surface area contributed by atoms with Gasteiger partial charge < -0.3 is 14.6 Å². The van der Waals surface area contributed by atoms with Gasteiger partial charge in [-0.05, 0) is 31.4 Å². The second-order valence-electron chi connectivity index (χ2n) is 4.72. The van der Waals surface area contributed by atoms with Gasteiger partial charge in [-0.15, -0.1) is 5.10 Å². The zero-order valence-electron chi connectivity index (χ0n) is 12.7. The molecule has 0 bridgehead atoms. The lowest BCUT2D eigenvalue weighted by Crippen LogP contribution is -2.08. The molecule has 118 valence electrons. The highest BCUT2D eigenvalue weighted by Gasteiger charge is 2.21. The molecule has 2 rings (SSSR count). The first kappa shape index (κ1) is 16.0. The minimum absolute atomic E-state index is 0.0247. The summed E-state index contributed by atoms with van der Waals surface area (Å²) in [4.78, 5) is 11.3. The molecule has 0 spiro atoms. The number of aromatic nitrogens is 3. The molecule has 0 atom stereocenters. The minimum Gasteiger partial charge on any atom is -0.494 e. The summed E-state index contributed by atoms with van der Waals surface area (Å²) >= 11 is 0. The zero-order valence-corrected chi connectivity index (χ0v) is 12.7. The van der Waals surface area contributed by atoms with Crippen LogP contribution in [0.5, 0.6) is 5.75 Å². The molecule has 1 N–H and O–H groups in total. The second-order valence-corrected chi connectivity index (χ2v) is 4.72. The van der Waals surface area contributed by atoms with Gasteiger partial charge in [-0.2, -0.15) is 0 Å². The molecular weight excluding hydrogens is 286 g/mol. The second kappa shape index (κ2) is 7.56. The summed E-state index contributed by atoms with van der Waals surface area (Å²) in [7, 11) is 3.20. The van der Waals surface area contributed by atoms with Crippen LogP contribution in [0, 0.1) is 0 Å². The van der Waals surface area contributed by atoms with Crippen molar-refractivity contribution >= 4 is 5.97 Å². The molecular formula is C15H19N3O4. The summed E-state index contributed by atoms with van der Waals surface area (Å²) in [5.41, 5.74) is 1.21. The predicted molar refractivity (Wildman–Crippen MR) is 79.7 cm³/mol. The maximum atomic E-state index is 11.3. The van der Waals surface area contributed by atoms with Gasteiger partial charge in [0.15, 0.2) is 5.69 Å². The largest absolute Gasteiger partial charge is 0.494 e. The van der Waals surface area contributed by atoms with Crippen LogP contribution >= 0.6 is 0 Å². The third-order valence-electron chi connectivity index (χ3n) is 3.29.